The van der Waals surface area contributed by atoms with Crippen molar-refractivity contribution in [2.45, 2.75) is 17.8 Å². The van der Waals surface area contributed by atoms with E-state index in [-0.39, 0.29) is 29.7 Å². The number of para-hydroxylation sites is 1. The number of aryl methyl sites for hydroxylation is 1. The Labute approximate surface area is 199 Å². The van der Waals surface area contributed by atoms with Gasteiger partial charge in [-0.2, -0.15) is 0 Å². The number of benzene rings is 2. The van der Waals surface area contributed by atoms with Crippen LogP contribution < -0.4 is 15.4 Å². The number of nitrogens with one attached hydrogen (secondary N) is 2. The smallest absolute Gasteiger partial charge is 0.337 e. The van der Waals surface area contributed by atoms with E-state index in [0.717, 1.165) is 10.0 Å². The van der Waals surface area contributed by atoms with E-state index in [2.05, 4.69) is 15.6 Å². The van der Waals surface area contributed by atoms with Gasteiger partial charge in [0, 0.05) is 23.3 Å². The molecule has 0 fully saturated rings. The van der Waals surface area contributed by atoms with Crippen LogP contribution in [0.2, 0.25) is 0 Å². The Morgan fingerprint density at radius 2 is 1.91 bits per heavy atom. The molecule has 1 heterocycles. The molecule has 0 saturated heterocycles. The van der Waals surface area contributed by atoms with Gasteiger partial charge in [0.05, 0.1) is 31.1 Å². The molecule has 3 aromatic rings. The van der Waals surface area contributed by atoms with E-state index in [1.807, 2.05) is 12.3 Å². The van der Waals surface area contributed by atoms with Crippen molar-refractivity contribution in [2.75, 3.05) is 25.3 Å². The number of hydrogen-bond acceptors (Lipinski definition) is 8. The summed E-state index contributed by atoms with van der Waals surface area (Å²) in [6.45, 7) is 2.08. The first-order valence-corrected chi connectivity index (χ1v) is 11.7. The Kier molecular flexibility index (Phi) is 8.45. The summed E-state index contributed by atoms with van der Waals surface area (Å²) in [6, 6.07) is 11.6. The second kappa shape index (κ2) is 11.5. The molecule has 172 valence electrons. The summed E-state index contributed by atoms with van der Waals surface area (Å²) < 4.78 is 10.9. The zero-order chi connectivity index (χ0) is 23.8. The lowest BCUT2D eigenvalue weighted by molar-refractivity contribution is -0.118. The molecule has 0 bridgehead atoms. The van der Waals surface area contributed by atoms with Crippen molar-refractivity contribution in [1.29, 1.82) is 0 Å². The molecular formula is C23H23N3O5S2. The third-order valence-electron chi connectivity index (χ3n) is 4.44. The van der Waals surface area contributed by atoms with E-state index in [1.54, 1.807) is 36.4 Å². The molecular weight excluding hydrogens is 462 g/mol. The van der Waals surface area contributed by atoms with Crippen molar-refractivity contribution in [1.82, 2.24) is 10.3 Å². The van der Waals surface area contributed by atoms with Gasteiger partial charge in [0.2, 0.25) is 5.91 Å². The molecule has 2 N–H and O–H groups in total. The molecule has 1 aromatic heterocycles. The molecule has 0 aliphatic rings. The monoisotopic (exact) mass is 485 g/mol. The predicted octanol–water partition coefficient (Wildman–Crippen LogP) is 3.91. The summed E-state index contributed by atoms with van der Waals surface area (Å²) in [5.41, 5.74) is 2.56. The van der Waals surface area contributed by atoms with Crippen LogP contribution in [0.3, 0.4) is 0 Å². The van der Waals surface area contributed by atoms with Gasteiger partial charge in [-0.1, -0.05) is 23.9 Å². The number of methoxy groups -OCH3 is 2. The molecule has 0 aliphatic heterocycles. The summed E-state index contributed by atoms with van der Waals surface area (Å²) in [6.07, 6.45) is 0. The maximum Gasteiger partial charge on any atom is 0.337 e. The molecule has 10 heteroatoms. The lowest BCUT2D eigenvalue weighted by Crippen LogP contribution is -2.25. The lowest BCUT2D eigenvalue weighted by Gasteiger charge is -2.12. The second-order valence-electron chi connectivity index (χ2n) is 6.88. The van der Waals surface area contributed by atoms with Crippen LogP contribution in [-0.2, 0) is 16.1 Å². The molecule has 0 spiro atoms. The van der Waals surface area contributed by atoms with Crippen LogP contribution in [0.4, 0.5) is 5.69 Å². The minimum Gasteiger partial charge on any atom is -0.496 e. The molecule has 8 nitrogen and oxygen atoms in total. The highest BCUT2D eigenvalue weighted by atomic mass is 32.2. The molecule has 0 atom stereocenters. The van der Waals surface area contributed by atoms with Gasteiger partial charge in [-0.3, -0.25) is 9.59 Å². The molecule has 0 unspecified atom stereocenters. The quantitative estimate of drug-likeness (QED) is 0.350. The number of anilines is 1. The van der Waals surface area contributed by atoms with E-state index in [9.17, 15) is 14.4 Å². The lowest BCUT2D eigenvalue weighted by atomic mass is 10.1. The summed E-state index contributed by atoms with van der Waals surface area (Å²) >= 11 is 2.85. The average Bonchev–Trinajstić information content (AvgIpc) is 3.25. The fourth-order valence-electron chi connectivity index (χ4n) is 2.91. The van der Waals surface area contributed by atoms with Gasteiger partial charge in [-0.25, -0.2) is 9.78 Å². The second-order valence-corrected chi connectivity index (χ2v) is 8.97. The van der Waals surface area contributed by atoms with Gasteiger partial charge in [0.1, 0.15) is 5.75 Å². The highest BCUT2D eigenvalue weighted by Crippen LogP contribution is 2.23. The van der Waals surface area contributed by atoms with Crippen LogP contribution in [-0.4, -0.2) is 42.7 Å². The van der Waals surface area contributed by atoms with Gasteiger partial charge in [0.25, 0.3) is 5.91 Å². The van der Waals surface area contributed by atoms with E-state index < -0.39 is 5.97 Å². The summed E-state index contributed by atoms with van der Waals surface area (Å²) in [4.78, 5) is 41.5. The molecule has 0 aliphatic carbocycles. The molecule has 3 rings (SSSR count). The van der Waals surface area contributed by atoms with E-state index in [4.69, 9.17) is 9.47 Å². The van der Waals surface area contributed by atoms with E-state index >= 15 is 0 Å². The SMILES string of the molecule is COC(=O)c1cc(CNC(=O)CSc2nc(C)cs2)cc(NC(=O)c2ccccc2OC)c1. The molecule has 2 aromatic carbocycles. The highest BCUT2D eigenvalue weighted by Gasteiger charge is 2.15. The number of amides is 2. The van der Waals surface area contributed by atoms with Crippen molar-refractivity contribution in [3.8, 4) is 5.75 Å². The van der Waals surface area contributed by atoms with Crippen LogP contribution in [0.25, 0.3) is 0 Å². The van der Waals surface area contributed by atoms with Crippen LogP contribution in [0.1, 0.15) is 32.0 Å². The zero-order valence-corrected chi connectivity index (χ0v) is 20.0. The maximum absolute atomic E-state index is 12.8. The Morgan fingerprint density at radius 3 is 2.61 bits per heavy atom. The number of thioether (sulfide) groups is 1. The Hall–Kier alpha value is -3.37. The minimum atomic E-state index is -0.550. The van der Waals surface area contributed by atoms with E-state index in [0.29, 0.717) is 22.6 Å². The van der Waals surface area contributed by atoms with Gasteiger partial charge in [-0.05, 0) is 42.8 Å². The number of rotatable bonds is 9. The van der Waals surface area contributed by atoms with E-state index in [1.165, 1.54) is 43.4 Å². The molecule has 0 radical (unpaired) electrons. The summed E-state index contributed by atoms with van der Waals surface area (Å²) in [5.74, 6) is -0.457. The Balaban J connectivity index is 1.70. The Bertz CT molecular complexity index is 1160. The fourth-order valence-corrected chi connectivity index (χ4v) is 4.59. The van der Waals surface area contributed by atoms with Gasteiger partial charge in [-0.15, -0.1) is 11.3 Å². The van der Waals surface area contributed by atoms with Crippen molar-refractivity contribution in [3.63, 3.8) is 0 Å². The minimum absolute atomic E-state index is 0.170. The topological polar surface area (TPSA) is 107 Å². The summed E-state index contributed by atoms with van der Waals surface area (Å²) in [5, 5.41) is 7.53. The first-order chi connectivity index (χ1) is 15.9. The van der Waals surface area contributed by atoms with Gasteiger partial charge >= 0.3 is 5.97 Å². The van der Waals surface area contributed by atoms with Crippen LogP contribution in [0, 0.1) is 6.92 Å². The number of carbonyl (C=O) groups is 3. The highest BCUT2D eigenvalue weighted by molar-refractivity contribution is 8.01. The number of esters is 1. The average molecular weight is 486 g/mol. The maximum atomic E-state index is 12.8. The predicted molar refractivity (Wildman–Crippen MR) is 128 cm³/mol. The zero-order valence-electron chi connectivity index (χ0n) is 18.3. The number of nitrogens with zero attached hydrogens (tertiary/aromatic N) is 1. The number of ether oxygens (including phenoxy) is 2. The first-order valence-electron chi connectivity index (χ1n) is 9.88. The van der Waals surface area contributed by atoms with Crippen LogP contribution >= 0.6 is 23.1 Å². The number of aromatic nitrogens is 1. The van der Waals surface area contributed by atoms with Crippen molar-refractivity contribution >= 4 is 46.6 Å². The largest absolute Gasteiger partial charge is 0.496 e. The normalized spacial score (nSPS) is 10.4. The van der Waals surface area contributed by atoms with Crippen LogP contribution in [0.5, 0.6) is 5.75 Å². The number of carbonyl (C=O) groups excluding carboxylic acids is 3. The van der Waals surface area contributed by atoms with Gasteiger partial charge < -0.3 is 20.1 Å². The Morgan fingerprint density at radius 1 is 1.12 bits per heavy atom. The molecule has 0 saturated carbocycles. The number of thiazole rings is 1. The number of hydrogen-bond donors (Lipinski definition) is 2. The standard InChI is InChI=1S/C23H23N3O5S2/c1-14-12-32-23(25-14)33-13-20(27)24-11-15-8-16(22(29)31-3)10-17(9-15)26-21(28)18-6-4-5-7-19(18)30-2/h4-10,12H,11,13H2,1-3H3,(H,24,27)(H,26,28). The first kappa shape index (κ1) is 24.3. The third-order valence-corrected chi connectivity index (χ3v) is 6.58. The van der Waals surface area contributed by atoms with Crippen molar-refractivity contribution in [3.05, 3.63) is 70.2 Å². The van der Waals surface area contributed by atoms with Gasteiger partial charge in [0.15, 0.2) is 4.34 Å². The molecule has 33 heavy (non-hydrogen) atoms. The third kappa shape index (κ3) is 6.80. The van der Waals surface area contributed by atoms with Crippen LogP contribution in [0.15, 0.2) is 52.2 Å². The molecule has 2 amide bonds. The van der Waals surface area contributed by atoms with Crippen molar-refractivity contribution < 1.29 is 23.9 Å². The summed E-state index contributed by atoms with van der Waals surface area (Å²) in [7, 11) is 2.76. The van der Waals surface area contributed by atoms with Crippen molar-refractivity contribution in [2.24, 2.45) is 0 Å². The fraction of sp³-hybridized carbons (Fsp3) is 0.217.